The molecule has 0 fully saturated rings. The van der Waals surface area contributed by atoms with Gasteiger partial charge >= 0.3 is 0 Å². The van der Waals surface area contributed by atoms with Crippen LogP contribution in [0.2, 0.25) is 0 Å². The molecule has 0 radical (unpaired) electrons. The Balaban J connectivity index is 2.15. The first-order valence-electron chi connectivity index (χ1n) is 5.76. The maximum absolute atomic E-state index is 5.93. The zero-order valence-electron chi connectivity index (χ0n) is 10.3. The number of nitrogens with two attached hydrogens (primary N) is 1. The highest BCUT2D eigenvalue weighted by molar-refractivity contribution is 7.14. The summed E-state index contributed by atoms with van der Waals surface area (Å²) in [4.78, 5) is 4.30. The molecule has 1 unspecified atom stereocenters. The second kappa shape index (κ2) is 4.17. The molecule has 3 rings (SSSR count). The Morgan fingerprint density at radius 1 is 1.50 bits per heavy atom. The zero-order chi connectivity index (χ0) is 12.7. The van der Waals surface area contributed by atoms with E-state index >= 15 is 0 Å². The molecule has 4 nitrogen and oxygen atoms in total. The van der Waals surface area contributed by atoms with E-state index in [-0.39, 0.29) is 6.10 Å². The predicted octanol–water partition coefficient (Wildman–Crippen LogP) is 2.72. The van der Waals surface area contributed by atoms with E-state index in [2.05, 4.69) is 11.9 Å². The quantitative estimate of drug-likeness (QED) is 0.904. The van der Waals surface area contributed by atoms with E-state index in [1.807, 2.05) is 12.1 Å². The number of ether oxygens (including phenoxy) is 2. The Kier molecular flexibility index (Phi) is 2.63. The molecule has 0 bridgehead atoms. The first-order chi connectivity index (χ1) is 8.69. The van der Waals surface area contributed by atoms with E-state index in [0.717, 1.165) is 29.2 Å². The number of thiazole rings is 1. The Hall–Kier alpha value is -1.75. The monoisotopic (exact) mass is 262 g/mol. The van der Waals surface area contributed by atoms with Crippen LogP contribution in [0.15, 0.2) is 17.6 Å². The van der Waals surface area contributed by atoms with Crippen LogP contribution >= 0.6 is 11.3 Å². The topological polar surface area (TPSA) is 57.4 Å². The average Bonchev–Trinajstić information content (AvgIpc) is 2.91. The maximum Gasteiger partial charge on any atom is 0.128 e. The average molecular weight is 262 g/mol. The first-order valence-corrected chi connectivity index (χ1v) is 6.64. The number of rotatable bonds is 2. The molecule has 1 aliphatic heterocycles. The third kappa shape index (κ3) is 1.71. The standard InChI is InChI=1S/C13H14N2O2S/c1-7-3-8-4-11(16-2)9(5-10(8)17-7)12-13(14)18-6-15-12/h4-7H,3,14H2,1-2H3. The van der Waals surface area contributed by atoms with Crippen LogP contribution in [0.3, 0.4) is 0 Å². The molecule has 1 atom stereocenters. The van der Waals surface area contributed by atoms with Crippen molar-refractivity contribution in [2.75, 3.05) is 12.8 Å². The van der Waals surface area contributed by atoms with Gasteiger partial charge in [0.15, 0.2) is 0 Å². The minimum atomic E-state index is 0.215. The van der Waals surface area contributed by atoms with Gasteiger partial charge in [-0.3, -0.25) is 0 Å². The predicted molar refractivity (Wildman–Crippen MR) is 72.3 cm³/mol. The number of fused-ring (bicyclic) bond motifs is 1. The van der Waals surface area contributed by atoms with Gasteiger partial charge in [0, 0.05) is 17.5 Å². The van der Waals surface area contributed by atoms with Gasteiger partial charge in [-0.15, -0.1) is 11.3 Å². The van der Waals surface area contributed by atoms with Crippen LogP contribution in [0, 0.1) is 0 Å². The molecule has 1 aromatic heterocycles. The highest BCUT2D eigenvalue weighted by atomic mass is 32.1. The summed E-state index contributed by atoms with van der Waals surface area (Å²) in [5.74, 6) is 1.70. The van der Waals surface area contributed by atoms with E-state index in [1.165, 1.54) is 16.9 Å². The van der Waals surface area contributed by atoms with Gasteiger partial charge in [0.05, 0.1) is 12.6 Å². The number of hydrogen-bond acceptors (Lipinski definition) is 5. The van der Waals surface area contributed by atoms with Crippen LogP contribution in [0.5, 0.6) is 11.5 Å². The lowest BCUT2D eigenvalue weighted by atomic mass is 10.0. The number of anilines is 1. The van der Waals surface area contributed by atoms with Gasteiger partial charge in [0.1, 0.15) is 28.3 Å². The number of aromatic nitrogens is 1. The number of nitrogens with zero attached hydrogens (tertiary/aromatic N) is 1. The summed E-state index contributed by atoms with van der Waals surface area (Å²) in [6, 6.07) is 4.00. The van der Waals surface area contributed by atoms with E-state index in [0.29, 0.717) is 5.00 Å². The molecule has 2 N–H and O–H groups in total. The van der Waals surface area contributed by atoms with Crippen molar-refractivity contribution < 1.29 is 9.47 Å². The number of methoxy groups -OCH3 is 1. The van der Waals surface area contributed by atoms with E-state index < -0.39 is 0 Å². The zero-order valence-corrected chi connectivity index (χ0v) is 11.1. The fraction of sp³-hybridized carbons (Fsp3) is 0.308. The van der Waals surface area contributed by atoms with Crippen molar-refractivity contribution in [3.63, 3.8) is 0 Å². The lowest BCUT2D eigenvalue weighted by molar-refractivity contribution is 0.254. The van der Waals surface area contributed by atoms with Gasteiger partial charge in [-0.2, -0.15) is 0 Å². The largest absolute Gasteiger partial charge is 0.496 e. The summed E-state index contributed by atoms with van der Waals surface area (Å²) < 4.78 is 11.2. The molecule has 0 saturated heterocycles. The molecule has 0 spiro atoms. The van der Waals surface area contributed by atoms with Crippen LogP contribution in [0.1, 0.15) is 12.5 Å². The van der Waals surface area contributed by atoms with Gasteiger partial charge in [-0.25, -0.2) is 4.98 Å². The third-order valence-corrected chi connectivity index (χ3v) is 3.73. The van der Waals surface area contributed by atoms with Crippen LogP contribution in [-0.4, -0.2) is 18.2 Å². The maximum atomic E-state index is 5.93. The minimum Gasteiger partial charge on any atom is -0.496 e. The van der Waals surface area contributed by atoms with Crippen LogP contribution in [0.4, 0.5) is 5.00 Å². The normalized spacial score (nSPS) is 17.3. The van der Waals surface area contributed by atoms with Crippen molar-refractivity contribution in [1.29, 1.82) is 0 Å². The molecule has 1 aromatic carbocycles. The van der Waals surface area contributed by atoms with E-state index in [1.54, 1.807) is 12.6 Å². The Morgan fingerprint density at radius 2 is 2.33 bits per heavy atom. The van der Waals surface area contributed by atoms with Crippen LogP contribution in [0.25, 0.3) is 11.3 Å². The van der Waals surface area contributed by atoms with Crippen molar-refractivity contribution in [1.82, 2.24) is 4.98 Å². The first kappa shape index (κ1) is 11.3. The van der Waals surface area contributed by atoms with Crippen molar-refractivity contribution in [3.8, 4) is 22.8 Å². The lowest BCUT2D eigenvalue weighted by Gasteiger charge is -2.10. The summed E-state index contributed by atoms with van der Waals surface area (Å²) in [7, 11) is 1.66. The smallest absolute Gasteiger partial charge is 0.128 e. The molecule has 0 amide bonds. The molecule has 0 saturated carbocycles. The summed E-state index contributed by atoms with van der Waals surface area (Å²) in [5.41, 5.74) is 10.5. The highest BCUT2D eigenvalue weighted by Gasteiger charge is 2.23. The van der Waals surface area contributed by atoms with Gasteiger partial charge in [-0.1, -0.05) is 0 Å². The fourth-order valence-corrected chi connectivity index (χ4v) is 2.80. The van der Waals surface area contributed by atoms with Crippen molar-refractivity contribution in [2.24, 2.45) is 0 Å². The molecular weight excluding hydrogens is 248 g/mol. The molecule has 18 heavy (non-hydrogen) atoms. The second-order valence-corrected chi connectivity index (χ2v) is 5.24. The summed E-state index contributed by atoms with van der Waals surface area (Å²) >= 11 is 1.42. The van der Waals surface area contributed by atoms with Crippen molar-refractivity contribution in [3.05, 3.63) is 23.2 Å². The Bertz CT molecular complexity index is 595. The van der Waals surface area contributed by atoms with Gasteiger partial charge in [0.2, 0.25) is 0 Å². The van der Waals surface area contributed by atoms with Crippen molar-refractivity contribution >= 4 is 16.3 Å². The third-order valence-electron chi connectivity index (χ3n) is 3.07. The number of benzene rings is 1. The van der Waals surface area contributed by atoms with Crippen molar-refractivity contribution in [2.45, 2.75) is 19.4 Å². The number of hydrogen-bond donors (Lipinski definition) is 1. The SMILES string of the molecule is COc1cc2c(cc1-c1ncsc1N)OC(C)C2. The molecule has 1 aliphatic rings. The Labute approximate surface area is 109 Å². The summed E-state index contributed by atoms with van der Waals surface area (Å²) in [6.45, 7) is 2.06. The molecule has 2 heterocycles. The summed E-state index contributed by atoms with van der Waals surface area (Å²) in [5, 5.41) is 0.694. The molecular formula is C13H14N2O2S. The molecule has 5 heteroatoms. The molecule has 94 valence electrons. The Morgan fingerprint density at radius 3 is 3.00 bits per heavy atom. The van der Waals surface area contributed by atoms with Gasteiger partial charge in [-0.05, 0) is 19.1 Å². The lowest BCUT2D eigenvalue weighted by Crippen LogP contribution is -2.05. The summed E-state index contributed by atoms with van der Waals surface area (Å²) in [6.07, 6.45) is 1.13. The van der Waals surface area contributed by atoms with Crippen LogP contribution < -0.4 is 15.2 Å². The molecule has 2 aromatic rings. The fourth-order valence-electron chi connectivity index (χ4n) is 2.25. The van der Waals surface area contributed by atoms with Gasteiger partial charge < -0.3 is 15.2 Å². The number of nitrogen functional groups attached to an aromatic ring is 1. The highest BCUT2D eigenvalue weighted by Crippen LogP contribution is 2.41. The molecule has 0 aliphatic carbocycles. The van der Waals surface area contributed by atoms with E-state index in [4.69, 9.17) is 15.2 Å². The van der Waals surface area contributed by atoms with E-state index in [9.17, 15) is 0 Å². The second-order valence-electron chi connectivity index (χ2n) is 4.36. The van der Waals surface area contributed by atoms with Gasteiger partial charge in [0.25, 0.3) is 0 Å². The minimum absolute atomic E-state index is 0.215. The van der Waals surface area contributed by atoms with Crippen LogP contribution in [-0.2, 0) is 6.42 Å².